The minimum Gasteiger partial charge on any atom is -0.481 e. The lowest BCUT2D eigenvalue weighted by Gasteiger charge is -2.29. The van der Waals surface area contributed by atoms with Gasteiger partial charge in [-0.25, -0.2) is 14.6 Å². The summed E-state index contributed by atoms with van der Waals surface area (Å²) in [5.74, 6) is -8.74. The maximum absolute atomic E-state index is 13.4. The number of aliphatic carboxylic acids is 2. The first-order valence-electron chi connectivity index (χ1n) is 15.3. The monoisotopic (exact) mass is 693 g/mol. The highest BCUT2D eigenvalue weighted by Crippen LogP contribution is 2.11. The second kappa shape index (κ2) is 21.4. The molecule has 0 fully saturated rings. The van der Waals surface area contributed by atoms with Crippen molar-refractivity contribution in [3.63, 3.8) is 0 Å². The fraction of sp³-hybridized carbons (Fsp3) is 0.484. The zero-order chi connectivity index (χ0) is 37.1. The molecular weight excluding hydrogens is 650 g/mol. The van der Waals surface area contributed by atoms with Gasteiger partial charge in [-0.2, -0.15) is 0 Å². The van der Waals surface area contributed by atoms with E-state index in [1.807, 2.05) is 5.43 Å². The summed E-state index contributed by atoms with van der Waals surface area (Å²) in [5, 5.41) is 36.0. The van der Waals surface area contributed by atoms with E-state index < -0.39 is 97.2 Å². The van der Waals surface area contributed by atoms with Crippen LogP contribution in [-0.4, -0.2) is 105 Å². The van der Waals surface area contributed by atoms with Crippen LogP contribution in [-0.2, 0) is 49.6 Å². The topological polar surface area (TPSA) is 267 Å². The normalized spacial score (nSPS) is 13.8. The molecule has 0 unspecified atom stereocenters. The van der Waals surface area contributed by atoms with E-state index in [4.69, 9.17) is 4.74 Å². The van der Waals surface area contributed by atoms with Gasteiger partial charge in [-0.15, -0.1) is 0 Å². The van der Waals surface area contributed by atoms with Crippen LogP contribution in [0.2, 0.25) is 0 Å². The number of nitrogens with one attached hydrogen (secondary N) is 4. The summed E-state index contributed by atoms with van der Waals surface area (Å²) in [6, 6.07) is 4.04. The minimum atomic E-state index is -1.86. The Morgan fingerprint density at radius 1 is 0.816 bits per heavy atom. The van der Waals surface area contributed by atoms with E-state index in [-0.39, 0.29) is 13.2 Å². The highest BCUT2D eigenvalue weighted by Gasteiger charge is 2.34. The summed E-state index contributed by atoms with van der Waals surface area (Å²) < 4.78 is 9.84. The molecule has 5 atom stereocenters. The van der Waals surface area contributed by atoms with Crippen molar-refractivity contribution < 1.29 is 63.1 Å². The van der Waals surface area contributed by atoms with Crippen LogP contribution in [0.4, 0.5) is 4.79 Å². The summed E-state index contributed by atoms with van der Waals surface area (Å²) in [7, 11) is 0. The molecule has 0 aliphatic rings. The number of carbonyl (C=O) groups excluding carboxylic acids is 6. The quantitative estimate of drug-likeness (QED) is 0.0553. The van der Waals surface area contributed by atoms with Gasteiger partial charge in [0.05, 0.1) is 12.7 Å². The van der Waals surface area contributed by atoms with Crippen molar-refractivity contribution in [1.29, 1.82) is 0 Å². The van der Waals surface area contributed by atoms with E-state index in [1.165, 1.54) is 6.92 Å². The van der Waals surface area contributed by atoms with Crippen LogP contribution in [0.15, 0.2) is 42.5 Å². The largest absolute Gasteiger partial charge is 0.481 e. The highest BCUT2D eigenvalue weighted by molar-refractivity contribution is 5.98. The second-order valence-corrected chi connectivity index (χ2v) is 10.7. The lowest BCUT2D eigenvalue weighted by atomic mass is 9.97. The molecule has 0 saturated carbocycles. The maximum atomic E-state index is 13.4. The molecule has 0 bridgehead atoms. The van der Waals surface area contributed by atoms with E-state index in [1.54, 1.807) is 44.2 Å². The van der Waals surface area contributed by atoms with E-state index in [0.29, 0.717) is 29.1 Å². The molecule has 0 heterocycles. The van der Waals surface area contributed by atoms with Crippen LogP contribution >= 0.6 is 0 Å². The third-order valence-corrected chi connectivity index (χ3v) is 6.78. The molecule has 0 radical (unpaired) electrons. The predicted octanol–water partition coefficient (Wildman–Crippen LogP) is -0.394. The van der Waals surface area contributed by atoms with Crippen LogP contribution in [0.1, 0.15) is 52.5 Å². The van der Waals surface area contributed by atoms with Crippen LogP contribution < -0.4 is 21.4 Å². The smallest absolute Gasteiger partial charge is 0.408 e. The average Bonchev–Trinajstić information content (AvgIpc) is 3.04. The van der Waals surface area contributed by atoms with Crippen molar-refractivity contribution in [1.82, 2.24) is 26.4 Å². The zero-order valence-corrected chi connectivity index (χ0v) is 27.5. The number of hydrazine groups is 1. The molecular formula is C31H43N5O13. The number of aliphatic hydroxyl groups excluding tert-OH is 1. The Balaban J connectivity index is 3.15. The molecule has 0 aliphatic heterocycles. The first-order chi connectivity index (χ1) is 23.1. The van der Waals surface area contributed by atoms with Crippen LogP contribution in [0, 0.1) is 5.92 Å². The van der Waals surface area contributed by atoms with Crippen molar-refractivity contribution in [3.05, 3.63) is 48.0 Å². The number of hydrogen-bond donors (Lipinski definition) is 7. The number of carboxylic acids is 2. The van der Waals surface area contributed by atoms with Gasteiger partial charge in [-0.05, 0) is 31.7 Å². The molecule has 7 N–H and O–H groups in total. The number of hydrogen-bond acceptors (Lipinski definition) is 11. The van der Waals surface area contributed by atoms with Crippen LogP contribution in [0.25, 0.3) is 0 Å². The van der Waals surface area contributed by atoms with Crippen molar-refractivity contribution in [3.8, 4) is 0 Å². The molecule has 18 nitrogen and oxygen atoms in total. The first kappa shape index (κ1) is 41.5. The lowest BCUT2D eigenvalue weighted by molar-refractivity contribution is -0.149. The minimum absolute atomic E-state index is 0.00723. The zero-order valence-electron chi connectivity index (χ0n) is 27.5. The number of rotatable bonds is 19. The SMILES string of the molecule is CCOC(=O)/C=C/C(=O)N(CC(=O)O)NC(=O)[C@@H](NC(=O)[C@H](CCC(=O)O)NC(=O)[C@@H](NC(=O)OCc1ccccc1)[C@@H](C)CC)[C@@H](C)O. The molecule has 0 saturated heterocycles. The van der Waals surface area contributed by atoms with Crippen LogP contribution in [0.5, 0.6) is 0 Å². The molecule has 0 spiro atoms. The number of alkyl carbamates (subject to hydrolysis) is 1. The van der Waals surface area contributed by atoms with Gasteiger partial charge in [0.15, 0.2) is 0 Å². The fourth-order valence-corrected chi connectivity index (χ4v) is 3.98. The van der Waals surface area contributed by atoms with Gasteiger partial charge in [0.2, 0.25) is 11.8 Å². The third kappa shape index (κ3) is 15.8. The fourth-order valence-electron chi connectivity index (χ4n) is 3.98. The molecule has 1 aromatic rings. The average molecular weight is 694 g/mol. The van der Waals surface area contributed by atoms with Gasteiger partial charge in [0.1, 0.15) is 31.3 Å². The van der Waals surface area contributed by atoms with Gasteiger partial charge in [-0.1, -0.05) is 50.6 Å². The van der Waals surface area contributed by atoms with E-state index in [2.05, 4.69) is 20.7 Å². The number of esters is 1. The van der Waals surface area contributed by atoms with E-state index in [0.717, 1.165) is 6.92 Å². The van der Waals surface area contributed by atoms with Crippen molar-refractivity contribution in [2.45, 2.75) is 77.8 Å². The molecule has 49 heavy (non-hydrogen) atoms. The molecule has 18 heteroatoms. The highest BCUT2D eigenvalue weighted by atomic mass is 16.5. The summed E-state index contributed by atoms with van der Waals surface area (Å²) in [5.41, 5.74) is 2.64. The lowest BCUT2D eigenvalue weighted by Crippen LogP contribution is -2.61. The number of carbonyl (C=O) groups is 8. The van der Waals surface area contributed by atoms with Crippen molar-refractivity contribution in [2.75, 3.05) is 13.2 Å². The number of amides is 5. The Morgan fingerprint density at radius 3 is 2.02 bits per heavy atom. The molecule has 0 aliphatic carbocycles. The standard InChI is InChI=1S/C31H43N5O13/c1-5-18(3)26(34-31(47)49-17-20-10-8-7-9-11-20)29(45)32-21(12-14-23(39)40)28(44)33-27(19(4)37)30(46)35-36(16-24(41)42)22(38)13-15-25(43)48-6-2/h7-11,13,15,18-19,21,26-27,37H,5-6,12,14,16-17H2,1-4H3,(H,32,45)(H,33,44)(H,34,47)(H,35,46)(H,39,40)(H,41,42)/b15-13+/t18-,19+,21-,26-,27-/m0/s1. The van der Waals surface area contributed by atoms with Crippen molar-refractivity contribution >= 4 is 47.6 Å². The Hall–Kier alpha value is -5.52. The second-order valence-electron chi connectivity index (χ2n) is 10.7. The van der Waals surface area contributed by atoms with Gasteiger partial charge < -0.3 is 40.7 Å². The molecule has 1 aromatic carbocycles. The Kier molecular flexibility index (Phi) is 18.1. The number of aliphatic hydroxyl groups is 1. The number of benzene rings is 1. The Labute approximate surface area is 282 Å². The Bertz CT molecular complexity index is 1350. The number of nitrogens with zero attached hydrogens (tertiary/aromatic N) is 1. The van der Waals surface area contributed by atoms with Gasteiger partial charge in [-0.3, -0.25) is 34.2 Å². The maximum Gasteiger partial charge on any atom is 0.408 e. The number of carboxylic acid groups (broad SMARTS) is 2. The van der Waals surface area contributed by atoms with Gasteiger partial charge >= 0.3 is 24.0 Å². The van der Waals surface area contributed by atoms with Gasteiger partial charge in [0, 0.05) is 18.6 Å². The molecule has 0 aromatic heterocycles. The summed E-state index contributed by atoms with van der Waals surface area (Å²) in [6.45, 7) is 4.80. The summed E-state index contributed by atoms with van der Waals surface area (Å²) in [4.78, 5) is 99.0. The Morgan fingerprint density at radius 2 is 1.47 bits per heavy atom. The number of ether oxygens (including phenoxy) is 2. The third-order valence-electron chi connectivity index (χ3n) is 6.78. The van der Waals surface area contributed by atoms with Crippen LogP contribution in [0.3, 0.4) is 0 Å². The van der Waals surface area contributed by atoms with Crippen molar-refractivity contribution in [2.24, 2.45) is 5.92 Å². The predicted molar refractivity (Wildman–Crippen MR) is 169 cm³/mol. The first-order valence-corrected chi connectivity index (χ1v) is 15.3. The molecule has 5 amide bonds. The van der Waals surface area contributed by atoms with E-state index in [9.17, 15) is 53.7 Å². The summed E-state index contributed by atoms with van der Waals surface area (Å²) >= 11 is 0. The van der Waals surface area contributed by atoms with E-state index >= 15 is 0 Å². The van der Waals surface area contributed by atoms with Gasteiger partial charge in [0.25, 0.3) is 11.8 Å². The molecule has 1 rings (SSSR count). The molecule has 270 valence electrons. The summed E-state index contributed by atoms with van der Waals surface area (Å²) in [6.07, 6.45) is -1.96.